The molecule has 3 aromatic carbocycles. The van der Waals surface area contributed by atoms with E-state index < -0.39 is 32.1 Å². The quantitative estimate of drug-likeness (QED) is 0.220. The summed E-state index contributed by atoms with van der Waals surface area (Å²) < 4.78 is 14.2. The predicted octanol–water partition coefficient (Wildman–Crippen LogP) is 2.39. The molecule has 3 rings (SSSR count). The van der Waals surface area contributed by atoms with E-state index in [1.807, 2.05) is 42.5 Å². The van der Waals surface area contributed by atoms with Crippen molar-refractivity contribution in [2.75, 3.05) is 0 Å². The Kier molecular flexibility index (Phi) is 7.04. The van der Waals surface area contributed by atoms with Gasteiger partial charge in [-0.05, 0) is 0 Å². The van der Waals surface area contributed by atoms with Crippen LogP contribution >= 0.6 is 0 Å². The van der Waals surface area contributed by atoms with Gasteiger partial charge in [-0.1, -0.05) is 0 Å². The molecule has 3 aromatic rings. The van der Waals surface area contributed by atoms with Crippen molar-refractivity contribution in [3.05, 3.63) is 104 Å². The summed E-state index contributed by atoms with van der Waals surface area (Å²) in [6.07, 6.45) is 2.15. The molecule has 0 amide bonds. The van der Waals surface area contributed by atoms with Gasteiger partial charge in [-0.25, -0.2) is 0 Å². The second-order valence-electron chi connectivity index (χ2n) is 5.86. The van der Waals surface area contributed by atoms with E-state index in [1.54, 1.807) is 12.1 Å². The third kappa shape index (κ3) is 5.04. The van der Waals surface area contributed by atoms with Gasteiger partial charge in [0.2, 0.25) is 0 Å². The molecule has 29 heavy (non-hydrogen) atoms. The van der Waals surface area contributed by atoms with Crippen molar-refractivity contribution < 1.29 is 19.1 Å². The van der Waals surface area contributed by atoms with E-state index >= 15 is 0 Å². The topological polar surface area (TPSA) is 52.6 Å². The van der Waals surface area contributed by atoms with E-state index in [-0.39, 0.29) is 11.5 Å². The van der Waals surface area contributed by atoms with Crippen LogP contribution in [-0.4, -0.2) is 32.1 Å². The van der Waals surface area contributed by atoms with Crippen LogP contribution in [0.3, 0.4) is 0 Å². The van der Waals surface area contributed by atoms with Gasteiger partial charge in [-0.15, -0.1) is 0 Å². The Bertz CT molecular complexity index is 990. The van der Waals surface area contributed by atoms with Crippen LogP contribution < -0.4 is 20.0 Å². The van der Waals surface area contributed by atoms with Gasteiger partial charge >= 0.3 is 177 Å². The molecular weight excluding hydrogens is 474 g/mol. The van der Waals surface area contributed by atoms with E-state index in [9.17, 15) is 9.59 Å². The molecule has 0 spiro atoms. The van der Waals surface area contributed by atoms with E-state index in [4.69, 9.17) is 9.47 Å². The Labute approximate surface area is 177 Å². The van der Waals surface area contributed by atoms with Crippen LogP contribution in [0.5, 0.6) is 11.5 Å². The number of hydrogen-bond acceptors (Lipinski definition) is 4. The van der Waals surface area contributed by atoms with Crippen molar-refractivity contribution in [1.29, 1.82) is 0 Å². The number of benzene rings is 3. The zero-order valence-electron chi connectivity index (χ0n) is 15.7. The minimum absolute atomic E-state index is 0.184. The fourth-order valence-corrected chi connectivity index (χ4v) is 9.56. The molecule has 0 atom stereocenters. The third-order valence-electron chi connectivity index (χ3n) is 3.97. The van der Waals surface area contributed by atoms with Crippen LogP contribution in [0.25, 0.3) is 0 Å². The van der Waals surface area contributed by atoms with Gasteiger partial charge in [0.05, 0.1) is 0 Å². The number of rotatable bonds is 7. The van der Waals surface area contributed by atoms with Gasteiger partial charge in [-0.3, -0.25) is 0 Å². The Morgan fingerprint density at radius 2 is 1.21 bits per heavy atom. The Balaban J connectivity index is 2.22. The molecule has 0 N–H and O–H groups in total. The molecule has 0 aromatic heterocycles. The third-order valence-corrected chi connectivity index (χ3v) is 11.0. The summed E-state index contributed by atoms with van der Waals surface area (Å²) >= 11 is -2.60. The van der Waals surface area contributed by atoms with Crippen LogP contribution in [0.2, 0.25) is 0 Å². The standard InChI is InChI=1S/C12H9O4.2C6H5.Sb/c1-3-11(13)15-9-7-5-6-8-10(9)16-12(14)4-2;2*1-2-4-6-5-3-1;/h3-7H,1-2H2;2*1-5H;. The first kappa shape index (κ1) is 20.6. The normalized spacial score (nSPS) is 10.2. The van der Waals surface area contributed by atoms with Crippen LogP contribution in [-0.2, 0) is 9.59 Å². The summed E-state index contributed by atoms with van der Waals surface area (Å²) in [5.41, 5.74) is 0. The number of para-hydroxylation sites is 1. The van der Waals surface area contributed by atoms with Crippen molar-refractivity contribution >= 4 is 42.7 Å². The molecule has 0 fully saturated rings. The molecule has 0 radical (unpaired) electrons. The van der Waals surface area contributed by atoms with Crippen LogP contribution in [0.15, 0.2) is 104 Å². The molecular formula is C24H19O4Sb. The first-order valence-corrected chi connectivity index (χ1v) is 12.7. The number of esters is 2. The van der Waals surface area contributed by atoms with Crippen LogP contribution in [0.4, 0.5) is 0 Å². The molecule has 144 valence electrons. The molecule has 4 nitrogen and oxygen atoms in total. The second kappa shape index (κ2) is 9.90. The first-order valence-electron chi connectivity index (χ1n) is 8.85. The van der Waals surface area contributed by atoms with Gasteiger partial charge in [-0.2, -0.15) is 0 Å². The van der Waals surface area contributed by atoms with Crippen molar-refractivity contribution in [2.24, 2.45) is 0 Å². The molecule has 5 heteroatoms. The molecule has 0 heterocycles. The van der Waals surface area contributed by atoms with Crippen molar-refractivity contribution in [3.8, 4) is 11.5 Å². The Morgan fingerprint density at radius 3 is 1.72 bits per heavy atom. The predicted molar refractivity (Wildman–Crippen MR) is 116 cm³/mol. The van der Waals surface area contributed by atoms with Crippen LogP contribution in [0.1, 0.15) is 0 Å². The zero-order valence-corrected chi connectivity index (χ0v) is 18.2. The maximum atomic E-state index is 12.1. The average Bonchev–Trinajstić information content (AvgIpc) is 2.77. The Morgan fingerprint density at radius 1 is 0.690 bits per heavy atom. The van der Waals surface area contributed by atoms with Crippen molar-refractivity contribution in [3.63, 3.8) is 0 Å². The van der Waals surface area contributed by atoms with Gasteiger partial charge in [0.25, 0.3) is 0 Å². The number of ether oxygens (including phenoxy) is 2. The molecule has 0 aliphatic carbocycles. The zero-order chi connectivity index (χ0) is 20.6. The molecule has 0 unspecified atom stereocenters. The van der Waals surface area contributed by atoms with E-state index in [0.29, 0.717) is 0 Å². The van der Waals surface area contributed by atoms with E-state index in [2.05, 4.69) is 37.4 Å². The minimum atomic E-state index is -2.60. The van der Waals surface area contributed by atoms with Gasteiger partial charge in [0.15, 0.2) is 0 Å². The molecule has 0 saturated heterocycles. The Hall–Kier alpha value is -3.10. The molecule has 0 aliphatic heterocycles. The summed E-state index contributed by atoms with van der Waals surface area (Å²) in [5, 5.41) is 0. The fraction of sp³-hybridized carbons (Fsp3) is 0. The number of hydrogen-bond donors (Lipinski definition) is 0. The van der Waals surface area contributed by atoms with Crippen LogP contribution in [0, 0.1) is 0 Å². The number of carbonyl (C=O) groups is 2. The summed E-state index contributed by atoms with van der Waals surface area (Å²) in [4.78, 5) is 23.9. The van der Waals surface area contributed by atoms with E-state index in [1.165, 1.54) is 7.02 Å². The maximum absolute atomic E-state index is 12.1. The summed E-state index contributed by atoms with van der Waals surface area (Å²) in [6, 6.07) is 25.6. The van der Waals surface area contributed by atoms with Gasteiger partial charge in [0, 0.05) is 0 Å². The molecule has 0 saturated carbocycles. The number of carbonyl (C=O) groups excluding carboxylic acids is 2. The van der Waals surface area contributed by atoms with Crippen molar-refractivity contribution in [1.82, 2.24) is 0 Å². The summed E-state index contributed by atoms with van der Waals surface area (Å²) in [6.45, 7) is 6.90. The van der Waals surface area contributed by atoms with E-state index in [0.717, 1.165) is 15.7 Å². The summed E-state index contributed by atoms with van der Waals surface area (Å²) in [5.74, 6) is -0.803. The van der Waals surface area contributed by atoms with Crippen molar-refractivity contribution in [2.45, 2.75) is 0 Å². The first-order chi connectivity index (χ1) is 14.1. The second-order valence-corrected chi connectivity index (χ2v) is 12.1. The average molecular weight is 493 g/mol. The monoisotopic (exact) mass is 492 g/mol. The SMILES string of the molecule is C=CC(=O)Oc1ccc[c]([Sb]([c]2ccccc2)[c]2ccccc2)c1OC(=O)C=C. The fourth-order valence-electron chi connectivity index (χ4n) is 2.74. The van der Waals surface area contributed by atoms with Gasteiger partial charge in [0.1, 0.15) is 0 Å². The molecule has 0 bridgehead atoms. The summed E-state index contributed by atoms with van der Waals surface area (Å²) in [7, 11) is 0. The van der Waals surface area contributed by atoms with Gasteiger partial charge < -0.3 is 0 Å². The molecule has 0 aliphatic rings.